The predicted molar refractivity (Wildman–Crippen MR) is 113 cm³/mol. The van der Waals surface area contributed by atoms with Gasteiger partial charge in [0.25, 0.3) is 15.9 Å². The summed E-state index contributed by atoms with van der Waals surface area (Å²) in [5.74, 6) is -0.343. The average molecular weight is 435 g/mol. The van der Waals surface area contributed by atoms with Crippen molar-refractivity contribution in [3.8, 4) is 0 Å². The topological polar surface area (TPSA) is 75.3 Å². The molecule has 3 aromatic rings. The molecule has 0 radical (unpaired) electrons. The Hall–Kier alpha value is -2.54. The molecule has 0 spiro atoms. The van der Waals surface area contributed by atoms with Crippen molar-refractivity contribution in [3.63, 3.8) is 0 Å². The largest absolute Gasteiger partial charge is 0.322 e. The van der Waals surface area contributed by atoms with Crippen molar-refractivity contribution in [2.24, 2.45) is 0 Å². The maximum atomic E-state index is 12.6. The highest BCUT2D eigenvalue weighted by Gasteiger charge is 2.17. The zero-order chi connectivity index (χ0) is 20.3. The standard InChI is InChI=1S/C20H16Cl2N2O3S/c1-13-5-2-3-8-19(13)23-20(25)14-6-4-7-15(11-14)24-28(26,27)16-9-10-17(21)18(22)12-16/h2-12,24H,1H3,(H,23,25). The Morgan fingerprint density at radius 2 is 1.64 bits per heavy atom. The molecule has 2 N–H and O–H groups in total. The minimum absolute atomic E-state index is 0.0309. The summed E-state index contributed by atoms with van der Waals surface area (Å²) in [5, 5.41) is 3.21. The van der Waals surface area contributed by atoms with Crippen molar-refractivity contribution in [2.45, 2.75) is 11.8 Å². The smallest absolute Gasteiger partial charge is 0.261 e. The number of nitrogens with one attached hydrogen (secondary N) is 2. The molecule has 0 heterocycles. The first kappa shape index (κ1) is 20.2. The summed E-state index contributed by atoms with van der Waals surface area (Å²) in [6.07, 6.45) is 0. The van der Waals surface area contributed by atoms with Gasteiger partial charge in [-0.3, -0.25) is 9.52 Å². The van der Waals surface area contributed by atoms with Crippen molar-refractivity contribution in [1.82, 2.24) is 0 Å². The molecule has 0 aliphatic carbocycles. The van der Waals surface area contributed by atoms with Crippen LogP contribution in [0.15, 0.2) is 71.6 Å². The fraction of sp³-hybridized carbons (Fsp3) is 0.0500. The van der Waals surface area contributed by atoms with Crippen LogP contribution in [0.4, 0.5) is 11.4 Å². The Kier molecular flexibility index (Phi) is 5.93. The third-order valence-electron chi connectivity index (χ3n) is 3.97. The van der Waals surface area contributed by atoms with Crippen molar-refractivity contribution in [1.29, 1.82) is 0 Å². The molecular weight excluding hydrogens is 419 g/mol. The molecule has 0 saturated carbocycles. The molecule has 144 valence electrons. The van der Waals surface area contributed by atoms with Crippen molar-refractivity contribution in [3.05, 3.63) is 87.9 Å². The van der Waals surface area contributed by atoms with Gasteiger partial charge in [0.2, 0.25) is 0 Å². The van der Waals surface area contributed by atoms with Crippen LogP contribution in [-0.2, 0) is 10.0 Å². The Labute approximate surface area is 173 Å². The second kappa shape index (κ2) is 8.22. The molecule has 0 fully saturated rings. The van der Waals surface area contributed by atoms with E-state index in [1.54, 1.807) is 24.3 Å². The third kappa shape index (κ3) is 4.65. The van der Waals surface area contributed by atoms with Gasteiger partial charge in [-0.05, 0) is 55.0 Å². The van der Waals surface area contributed by atoms with E-state index >= 15 is 0 Å². The highest BCUT2D eigenvalue weighted by atomic mass is 35.5. The number of hydrogen-bond donors (Lipinski definition) is 2. The summed E-state index contributed by atoms with van der Waals surface area (Å²) < 4.78 is 27.6. The molecule has 0 aliphatic heterocycles. The number of carbonyl (C=O) groups is 1. The number of carbonyl (C=O) groups excluding carboxylic acids is 1. The maximum Gasteiger partial charge on any atom is 0.261 e. The summed E-state index contributed by atoms with van der Waals surface area (Å²) in [4.78, 5) is 12.5. The molecule has 0 atom stereocenters. The van der Waals surface area contributed by atoms with Gasteiger partial charge in [0.05, 0.1) is 14.9 Å². The van der Waals surface area contributed by atoms with Crippen molar-refractivity contribution >= 4 is 50.5 Å². The monoisotopic (exact) mass is 434 g/mol. The fourth-order valence-corrected chi connectivity index (χ4v) is 3.93. The molecule has 28 heavy (non-hydrogen) atoms. The molecule has 5 nitrogen and oxygen atoms in total. The van der Waals surface area contributed by atoms with E-state index in [2.05, 4.69) is 10.0 Å². The van der Waals surface area contributed by atoms with Crippen LogP contribution in [0.5, 0.6) is 0 Å². The zero-order valence-corrected chi connectivity index (χ0v) is 17.1. The van der Waals surface area contributed by atoms with Gasteiger partial charge in [-0.15, -0.1) is 0 Å². The van der Waals surface area contributed by atoms with Gasteiger partial charge in [0.15, 0.2) is 0 Å². The van der Waals surface area contributed by atoms with Gasteiger partial charge in [-0.25, -0.2) is 8.42 Å². The Bertz CT molecular complexity index is 1150. The van der Waals surface area contributed by atoms with Gasteiger partial charge >= 0.3 is 0 Å². The number of halogens is 2. The minimum atomic E-state index is -3.89. The van der Waals surface area contributed by atoms with Gasteiger partial charge in [0, 0.05) is 16.9 Å². The van der Waals surface area contributed by atoms with Crippen LogP contribution in [0.25, 0.3) is 0 Å². The lowest BCUT2D eigenvalue weighted by Gasteiger charge is -2.11. The second-order valence-electron chi connectivity index (χ2n) is 6.03. The Balaban J connectivity index is 1.82. The first-order valence-corrected chi connectivity index (χ1v) is 10.4. The van der Waals surface area contributed by atoms with E-state index in [9.17, 15) is 13.2 Å². The summed E-state index contributed by atoms with van der Waals surface area (Å²) in [6.45, 7) is 1.89. The van der Waals surface area contributed by atoms with Crippen LogP contribution in [0, 0.1) is 6.92 Å². The summed E-state index contributed by atoms with van der Waals surface area (Å²) in [5.41, 5.74) is 2.18. The normalized spacial score (nSPS) is 11.1. The van der Waals surface area contributed by atoms with Crippen LogP contribution < -0.4 is 10.0 Å². The lowest BCUT2D eigenvalue weighted by molar-refractivity contribution is 0.102. The molecule has 0 aliphatic rings. The lowest BCUT2D eigenvalue weighted by Crippen LogP contribution is -2.15. The van der Waals surface area contributed by atoms with Crippen molar-refractivity contribution in [2.75, 3.05) is 10.0 Å². The highest BCUT2D eigenvalue weighted by Crippen LogP contribution is 2.26. The zero-order valence-electron chi connectivity index (χ0n) is 14.7. The maximum absolute atomic E-state index is 12.6. The molecule has 1 amide bonds. The molecule has 0 saturated heterocycles. The van der Waals surface area contributed by atoms with Gasteiger partial charge in [-0.1, -0.05) is 47.5 Å². The van der Waals surface area contributed by atoms with Gasteiger partial charge in [0.1, 0.15) is 0 Å². The SMILES string of the molecule is Cc1ccccc1NC(=O)c1cccc(NS(=O)(=O)c2ccc(Cl)c(Cl)c2)c1. The summed E-state index contributed by atoms with van der Waals surface area (Å²) >= 11 is 11.7. The second-order valence-corrected chi connectivity index (χ2v) is 8.53. The first-order valence-electron chi connectivity index (χ1n) is 8.21. The quantitative estimate of drug-likeness (QED) is 0.567. The predicted octanol–water partition coefficient (Wildman–Crippen LogP) is 5.35. The summed E-state index contributed by atoms with van der Waals surface area (Å²) in [6, 6.07) is 17.6. The Morgan fingerprint density at radius 1 is 0.893 bits per heavy atom. The van der Waals surface area contributed by atoms with Gasteiger partial charge in [-0.2, -0.15) is 0 Å². The molecule has 0 aromatic heterocycles. The van der Waals surface area contributed by atoms with Crippen molar-refractivity contribution < 1.29 is 13.2 Å². The van der Waals surface area contributed by atoms with Crippen LogP contribution >= 0.6 is 23.2 Å². The number of amides is 1. The van der Waals surface area contributed by atoms with Crippen LogP contribution in [-0.4, -0.2) is 14.3 Å². The Morgan fingerprint density at radius 3 is 2.36 bits per heavy atom. The summed E-state index contributed by atoms with van der Waals surface area (Å²) in [7, 11) is -3.89. The van der Waals surface area contributed by atoms with E-state index in [1.807, 2.05) is 25.1 Å². The van der Waals surface area contributed by atoms with Crippen LogP contribution in [0.1, 0.15) is 15.9 Å². The third-order valence-corrected chi connectivity index (χ3v) is 6.09. The van der Waals surface area contributed by atoms with E-state index in [1.165, 1.54) is 24.3 Å². The van der Waals surface area contributed by atoms with E-state index in [-0.39, 0.29) is 26.5 Å². The minimum Gasteiger partial charge on any atom is -0.322 e. The molecule has 3 rings (SSSR count). The number of benzene rings is 3. The molecule has 0 unspecified atom stereocenters. The number of para-hydroxylation sites is 1. The van der Waals surface area contributed by atoms with Crippen LogP contribution in [0.3, 0.4) is 0 Å². The van der Waals surface area contributed by atoms with E-state index in [0.717, 1.165) is 5.56 Å². The first-order chi connectivity index (χ1) is 13.3. The van der Waals surface area contributed by atoms with Gasteiger partial charge < -0.3 is 5.32 Å². The molecule has 8 heteroatoms. The van der Waals surface area contributed by atoms with E-state index in [4.69, 9.17) is 23.2 Å². The molecular formula is C20H16Cl2N2O3S. The number of aryl methyl sites for hydroxylation is 1. The van der Waals surface area contributed by atoms with E-state index in [0.29, 0.717) is 11.3 Å². The number of hydrogen-bond acceptors (Lipinski definition) is 3. The number of rotatable bonds is 5. The molecule has 3 aromatic carbocycles. The fourth-order valence-electron chi connectivity index (χ4n) is 2.49. The lowest BCUT2D eigenvalue weighted by atomic mass is 10.1. The average Bonchev–Trinajstić information content (AvgIpc) is 2.65. The number of anilines is 2. The van der Waals surface area contributed by atoms with E-state index < -0.39 is 10.0 Å². The van der Waals surface area contributed by atoms with Crippen LogP contribution in [0.2, 0.25) is 10.0 Å². The molecule has 0 bridgehead atoms. The number of sulfonamides is 1. The highest BCUT2D eigenvalue weighted by molar-refractivity contribution is 7.92.